The lowest BCUT2D eigenvalue weighted by Gasteiger charge is -2.10. The zero-order valence-electron chi connectivity index (χ0n) is 19.2. The summed E-state index contributed by atoms with van der Waals surface area (Å²) in [4.78, 5) is 36.8. The van der Waals surface area contributed by atoms with Crippen molar-refractivity contribution in [1.82, 2.24) is 5.43 Å². The molecule has 0 saturated heterocycles. The predicted molar refractivity (Wildman–Crippen MR) is 128 cm³/mol. The van der Waals surface area contributed by atoms with Crippen molar-refractivity contribution in [3.63, 3.8) is 0 Å². The van der Waals surface area contributed by atoms with Gasteiger partial charge in [0.2, 0.25) is 0 Å². The van der Waals surface area contributed by atoms with Crippen molar-refractivity contribution in [2.75, 3.05) is 26.6 Å². The predicted octanol–water partition coefficient (Wildman–Crippen LogP) is 3.02. The molecule has 10 nitrogen and oxygen atoms in total. The maximum absolute atomic E-state index is 12.5. The van der Waals surface area contributed by atoms with Crippen molar-refractivity contribution in [3.8, 4) is 23.0 Å². The minimum absolute atomic E-state index is 0.264. The number of carbonyl (C=O) groups is 3. The molecule has 0 radical (unpaired) electrons. The lowest BCUT2D eigenvalue weighted by molar-refractivity contribution is -0.136. The zero-order chi connectivity index (χ0) is 25.2. The first kappa shape index (κ1) is 24.8. The summed E-state index contributed by atoms with van der Waals surface area (Å²) in [5.41, 5.74) is 3.23. The van der Waals surface area contributed by atoms with E-state index < -0.39 is 17.8 Å². The number of benzene rings is 3. The van der Waals surface area contributed by atoms with Gasteiger partial charge in [0, 0.05) is 6.07 Å². The topological polar surface area (TPSA) is 125 Å². The maximum atomic E-state index is 12.5. The van der Waals surface area contributed by atoms with Gasteiger partial charge in [0.05, 0.1) is 33.2 Å². The highest BCUT2D eigenvalue weighted by atomic mass is 16.5. The number of hydrogen-bond donors (Lipinski definition) is 2. The van der Waals surface area contributed by atoms with Crippen LogP contribution in [0.1, 0.15) is 15.9 Å². The van der Waals surface area contributed by atoms with Crippen molar-refractivity contribution >= 4 is 29.7 Å². The molecule has 3 aromatic rings. The summed E-state index contributed by atoms with van der Waals surface area (Å²) >= 11 is 0. The average molecular weight is 477 g/mol. The van der Waals surface area contributed by atoms with Gasteiger partial charge in [-0.1, -0.05) is 24.3 Å². The summed E-state index contributed by atoms with van der Waals surface area (Å²) in [6, 6.07) is 17.9. The van der Waals surface area contributed by atoms with Gasteiger partial charge in [0.1, 0.15) is 28.6 Å². The monoisotopic (exact) mass is 477 g/mol. The van der Waals surface area contributed by atoms with Crippen molar-refractivity contribution in [3.05, 3.63) is 77.9 Å². The van der Waals surface area contributed by atoms with Crippen LogP contribution >= 0.6 is 0 Å². The number of amides is 2. The fourth-order valence-corrected chi connectivity index (χ4v) is 2.93. The van der Waals surface area contributed by atoms with Gasteiger partial charge in [-0.3, -0.25) is 9.59 Å². The Balaban J connectivity index is 1.59. The summed E-state index contributed by atoms with van der Waals surface area (Å²) in [7, 11) is 4.39. The fraction of sp³-hybridized carbons (Fsp3) is 0.120. The summed E-state index contributed by atoms with van der Waals surface area (Å²) in [5, 5.41) is 6.23. The Labute approximate surface area is 201 Å². The fourth-order valence-electron chi connectivity index (χ4n) is 2.93. The van der Waals surface area contributed by atoms with Crippen LogP contribution in [0.4, 0.5) is 5.69 Å². The van der Waals surface area contributed by atoms with Crippen LogP contribution < -0.4 is 29.7 Å². The molecule has 2 N–H and O–H groups in total. The number of methoxy groups -OCH3 is 3. The Morgan fingerprint density at radius 1 is 0.771 bits per heavy atom. The number of esters is 1. The van der Waals surface area contributed by atoms with E-state index >= 15 is 0 Å². The van der Waals surface area contributed by atoms with E-state index in [0.717, 1.165) is 0 Å². The van der Waals surface area contributed by atoms with Gasteiger partial charge >= 0.3 is 17.8 Å². The van der Waals surface area contributed by atoms with Crippen molar-refractivity contribution in [2.24, 2.45) is 5.10 Å². The SMILES string of the molecule is COc1ccc(NC(=O)C(=O)N/N=C/c2cccc(OC(=O)c3ccccc3OC)c2)c(OC)c1. The van der Waals surface area contributed by atoms with Gasteiger partial charge in [-0.2, -0.15) is 5.10 Å². The van der Waals surface area contributed by atoms with Crippen LogP contribution in [0.2, 0.25) is 0 Å². The van der Waals surface area contributed by atoms with Gasteiger partial charge in [0.25, 0.3) is 0 Å². The molecule has 0 atom stereocenters. The second kappa shape index (κ2) is 11.8. The summed E-state index contributed by atoms with van der Waals surface area (Å²) in [6.45, 7) is 0. The largest absolute Gasteiger partial charge is 0.497 e. The van der Waals surface area contributed by atoms with E-state index in [0.29, 0.717) is 28.5 Å². The van der Waals surface area contributed by atoms with Crippen molar-refractivity contribution < 1.29 is 33.3 Å². The third-order valence-corrected chi connectivity index (χ3v) is 4.64. The third kappa shape index (κ3) is 6.57. The lowest BCUT2D eigenvalue weighted by Crippen LogP contribution is -2.32. The van der Waals surface area contributed by atoms with Gasteiger partial charge in [-0.05, 0) is 42.0 Å². The van der Waals surface area contributed by atoms with E-state index in [1.165, 1.54) is 27.5 Å². The molecule has 180 valence electrons. The Morgan fingerprint density at radius 2 is 1.54 bits per heavy atom. The molecule has 3 rings (SSSR count). The van der Waals surface area contributed by atoms with Gasteiger partial charge in [-0.15, -0.1) is 0 Å². The standard InChI is InChI=1S/C25H23N3O7/c1-32-17-11-12-20(22(14-17)34-3)27-23(29)24(30)28-26-15-16-7-6-8-18(13-16)35-25(31)19-9-4-5-10-21(19)33-2/h4-15H,1-3H3,(H,27,29)(H,28,30)/b26-15+. The number of hydrogen-bond acceptors (Lipinski definition) is 8. The number of nitrogens with zero attached hydrogens (tertiary/aromatic N) is 1. The van der Waals surface area contributed by atoms with E-state index in [1.54, 1.807) is 66.7 Å². The molecule has 0 fully saturated rings. The Kier molecular flexibility index (Phi) is 8.38. The Hall–Kier alpha value is -4.86. The van der Waals surface area contributed by atoms with E-state index in [2.05, 4.69) is 15.8 Å². The van der Waals surface area contributed by atoms with E-state index in [9.17, 15) is 14.4 Å². The number of nitrogens with one attached hydrogen (secondary N) is 2. The molecule has 0 aromatic heterocycles. The maximum Gasteiger partial charge on any atom is 0.347 e. The van der Waals surface area contributed by atoms with Crippen LogP contribution in [0.3, 0.4) is 0 Å². The third-order valence-electron chi connectivity index (χ3n) is 4.64. The molecule has 0 heterocycles. The van der Waals surface area contributed by atoms with Gasteiger partial charge in [-0.25, -0.2) is 10.2 Å². The lowest BCUT2D eigenvalue weighted by atomic mass is 10.2. The molecular formula is C25H23N3O7. The summed E-state index contributed by atoms with van der Waals surface area (Å²) < 4.78 is 20.9. The smallest absolute Gasteiger partial charge is 0.347 e. The molecule has 0 bridgehead atoms. The number of rotatable bonds is 8. The minimum atomic E-state index is -0.988. The molecule has 3 aromatic carbocycles. The first-order chi connectivity index (χ1) is 16.9. The number of anilines is 1. The van der Waals surface area contributed by atoms with Crippen LogP contribution in [0.15, 0.2) is 71.8 Å². The number of para-hydroxylation sites is 1. The van der Waals surface area contributed by atoms with Gasteiger partial charge < -0.3 is 24.3 Å². The molecule has 0 unspecified atom stereocenters. The molecule has 0 spiro atoms. The highest BCUT2D eigenvalue weighted by Crippen LogP contribution is 2.29. The first-order valence-electron chi connectivity index (χ1n) is 10.3. The highest BCUT2D eigenvalue weighted by Gasteiger charge is 2.16. The second-order valence-corrected chi connectivity index (χ2v) is 6.88. The summed E-state index contributed by atoms with van der Waals surface area (Å²) in [5.74, 6) is -0.999. The van der Waals surface area contributed by atoms with Crippen LogP contribution in [0.5, 0.6) is 23.0 Å². The van der Waals surface area contributed by atoms with Crippen LogP contribution in [-0.2, 0) is 9.59 Å². The Bertz CT molecular complexity index is 1260. The van der Waals surface area contributed by atoms with E-state index in [1.807, 2.05) is 0 Å². The zero-order valence-corrected chi connectivity index (χ0v) is 19.2. The first-order valence-corrected chi connectivity index (χ1v) is 10.3. The van der Waals surface area contributed by atoms with Crippen molar-refractivity contribution in [2.45, 2.75) is 0 Å². The van der Waals surface area contributed by atoms with Crippen LogP contribution in [0, 0.1) is 0 Å². The summed E-state index contributed by atoms with van der Waals surface area (Å²) in [6.07, 6.45) is 1.31. The minimum Gasteiger partial charge on any atom is -0.497 e. The average Bonchev–Trinajstić information content (AvgIpc) is 2.88. The molecular weight excluding hydrogens is 454 g/mol. The molecule has 0 aliphatic carbocycles. The number of carbonyl (C=O) groups excluding carboxylic acids is 3. The molecule has 2 amide bonds. The van der Waals surface area contributed by atoms with Crippen LogP contribution in [-0.4, -0.2) is 45.3 Å². The quantitative estimate of drug-likeness (QED) is 0.168. The molecule has 10 heteroatoms. The number of ether oxygens (including phenoxy) is 4. The Morgan fingerprint density at radius 3 is 2.29 bits per heavy atom. The van der Waals surface area contributed by atoms with E-state index in [4.69, 9.17) is 18.9 Å². The number of hydrazone groups is 1. The van der Waals surface area contributed by atoms with Gasteiger partial charge in [0.15, 0.2) is 0 Å². The molecule has 35 heavy (non-hydrogen) atoms. The van der Waals surface area contributed by atoms with Crippen LogP contribution in [0.25, 0.3) is 0 Å². The van der Waals surface area contributed by atoms with Crippen molar-refractivity contribution in [1.29, 1.82) is 0 Å². The van der Waals surface area contributed by atoms with E-state index in [-0.39, 0.29) is 11.3 Å². The molecule has 0 aliphatic heterocycles. The normalized spacial score (nSPS) is 10.4. The highest BCUT2D eigenvalue weighted by molar-refractivity contribution is 6.39. The molecule has 0 aliphatic rings. The molecule has 0 saturated carbocycles. The second-order valence-electron chi connectivity index (χ2n) is 6.88.